The number of nitrogens with zero attached hydrogens (tertiary/aromatic N) is 2. The molecule has 3 amide bonds. The van der Waals surface area contributed by atoms with Crippen LogP contribution in [-0.4, -0.2) is 30.3 Å². The summed E-state index contributed by atoms with van der Waals surface area (Å²) in [4.78, 5) is 51.6. The van der Waals surface area contributed by atoms with Crippen LogP contribution < -0.4 is 10.2 Å². The lowest BCUT2D eigenvalue weighted by Gasteiger charge is -2.17. The van der Waals surface area contributed by atoms with Crippen molar-refractivity contribution in [3.8, 4) is 6.07 Å². The standard InChI is InChI=1S/C26H19N3O5/c1-15-6-7-16(2)22(10-15)29-24(31)20-9-8-18(12-21(20)25(29)32)26(33)34-14-23(30)28-19-5-3-4-17(11-19)13-27/h3-12H,14H2,1-2H3,(H,28,30). The van der Waals surface area contributed by atoms with Crippen LogP contribution in [0.15, 0.2) is 60.7 Å². The molecule has 1 aliphatic rings. The third kappa shape index (κ3) is 4.27. The Bertz CT molecular complexity index is 1400. The number of ether oxygens (including phenoxy) is 1. The van der Waals surface area contributed by atoms with Crippen molar-refractivity contribution >= 4 is 35.1 Å². The van der Waals surface area contributed by atoms with Crippen LogP contribution in [-0.2, 0) is 9.53 Å². The number of hydrogen-bond donors (Lipinski definition) is 1. The molecular formula is C26H19N3O5. The SMILES string of the molecule is Cc1ccc(C)c(N2C(=O)c3ccc(C(=O)OCC(=O)Nc4cccc(C#N)c4)cc3C2=O)c1. The first-order chi connectivity index (χ1) is 16.3. The van der Waals surface area contributed by atoms with Gasteiger partial charge in [-0.2, -0.15) is 5.26 Å². The molecular weight excluding hydrogens is 434 g/mol. The largest absolute Gasteiger partial charge is 0.452 e. The van der Waals surface area contributed by atoms with Crippen molar-refractivity contribution in [3.05, 3.63) is 94.0 Å². The zero-order chi connectivity index (χ0) is 24.4. The third-order valence-corrected chi connectivity index (χ3v) is 5.34. The van der Waals surface area contributed by atoms with Gasteiger partial charge in [-0.25, -0.2) is 9.69 Å². The molecule has 34 heavy (non-hydrogen) atoms. The predicted molar refractivity (Wildman–Crippen MR) is 124 cm³/mol. The van der Waals surface area contributed by atoms with E-state index in [9.17, 15) is 19.2 Å². The quantitative estimate of drug-likeness (QED) is 0.464. The minimum atomic E-state index is -0.811. The van der Waals surface area contributed by atoms with Crippen LogP contribution >= 0.6 is 0 Å². The molecule has 0 fully saturated rings. The van der Waals surface area contributed by atoms with Gasteiger partial charge >= 0.3 is 5.97 Å². The molecule has 168 valence electrons. The molecule has 0 radical (unpaired) electrons. The molecule has 8 heteroatoms. The van der Waals surface area contributed by atoms with Gasteiger partial charge in [0.2, 0.25) is 0 Å². The number of nitriles is 1. The van der Waals surface area contributed by atoms with Gasteiger partial charge in [0, 0.05) is 5.69 Å². The van der Waals surface area contributed by atoms with Crippen molar-refractivity contribution in [2.75, 3.05) is 16.8 Å². The van der Waals surface area contributed by atoms with E-state index in [1.54, 1.807) is 24.3 Å². The zero-order valence-electron chi connectivity index (χ0n) is 18.4. The van der Waals surface area contributed by atoms with Crippen molar-refractivity contribution in [3.63, 3.8) is 0 Å². The van der Waals surface area contributed by atoms with Crippen LogP contribution in [0.5, 0.6) is 0 Å². The van der Waals surface area contributed by atoms with Crippen molar-refractivity contribution in [1.82, 2.24) is 0 Å². The fraction of sp³-hybridized carbons (Fsp3) is 0.115. The Balaban J connectivity index is 1.47. The van der Waals surface area contributed by atoms with Crippen LogP contribution in [0.25, 0.3) is 0 Å². The molecule has 0 atom stereocenters. The molecule has 0 saturated carbocycles. The molecule has 0 aliphatic carbocycles. The number of nitrogens with one attached hydrogen (secondary N) is 1. The highest BCUT2D eigenvalue weighted by Gasteiger charge is 2.38. The van der Waals surface area contributed by atoms with E-state index in [1.165, 1.54) is 24.3 Å². The fourth-order valence-corrected chi connectivity index (χ4v) is 3.62. The summed E-state index contributed by atoms with van der Waals surface area (Å²) < 4.78 is 5.06. The normalized spacial score (nSPS) is 12.2. The van der Waals surface area contributed by atoms with E-state index >= 15 is 0 Å². The highest BCUT2D eigenvalue weighted by atomic mass is 16.5. The fourth-order valence-electron chi connectivity index (χ4n) is 3.62. The number of imide groups is 1. The average molecular weight is 453 g/mol. The Morgan fingerprint density at radius 2 is 1.74 bits per heavy atom. The number of hydrogen-bond acceptors (Lipinski definition) is 6. The maximum absolute atomic E-state index is 13.0. The second-order valence-corrected chi connectivity index (χ2v) is 7.81. The maximum Gasteiger partial charge on any atom is 0.338 e. The molecule has 1 heterocycles. The molecule has 0 bridgehead atoms. The number of amides is 3. The number of carbonyl (C=O) groups is 4. The first-order valence-electron chi connectivity index (χ1n) is 10.4. The van der Waals surface area contributed by atoms with E-state index in [1.807, 2.05) is 32.0 Å². The van der Waals surface area contributed by atoms with Crippen LogP contribution in [0.4, 0.5) is 11.4 Å². The van der Waals surface area contributed by atoms with E-state index in [-0.39, 0.29) is 16.7 Å². The summed E-state index contributed by atoms with van der Waals surface area (Å²) in [7, 11) is 0. The molecule has 4 rings (SSSR count). The number of aryl methyl sites for hydroxylation is 2. The Morgan fingerprint density at radius 3 is 2.50 bits per heavy atom. The van der Waals surface area contributed by atoms with Crippen LogP contribution in [0, 0.1) is 25.2 Å². The maximum atomic E-state index is 13.0. The molecule has 1 aliphatic heterocycles. The summed E-state index contributed by atoms with van der Waals surface area (Å²) in [6, 6.07) is 17.8. The number of fused-ring (bicyclic) bond motifs is 1. The van der Waals surface area contributed by atoms with E-state index in [0.29, 0.717) is 16.9 Å². The summed E-state index contributed by atoms with van der Waals surface area (Å²) in [6.07, 6.45) is 0. The van der Waals surface area contributed by atoms with Gasteiger partial charge < -0.3 is 10.1 Å². The second-order valence-electron chi connectivity index (χ2n) is 7.81. The minimum Gasteiger partial charge on any atom is -0.452 e. The van der Waals surface area contributed by atoms with Gasteiger partial charge in [-0.05, 0) is 67.4 Å². The third-order valence-electron chi connectivity index (χ3n) is 5.34. The first kappa shape index (κ1) is 22.4. The molecule has 0 saturated heterocycles. The Morgan fingerprint density at radius 1 is 0.971 bits per heavy atom. The van der Waals surface area contributed by atoms with Gasteiger partial charge in [-0.15, -0.1) is 0 Å². The van der Waals surface area contributed by atoms with Gasteiger partial charge in [-0.1, -0.05) is 18.2 Å². The Hall–Kier alpha value is -4.77. The number of carbonyl (C=O) groups excluding carboxylic acids is 4. The number of rotatable bonds is 5. The molecule has 3 aromatic carbocycles. The van der Waals surface area contributed by atoms with E-state index < -0.39 is 30.3 Å². The van der Waals surface area contributed by atoms with Crippen LogP contribution in [0.1, 0.15) is 47.8 Å². The van der Waals surface area contributed by atoms with Crippen molar-refractivity contribution < 1.29 is 23.9 Å². The molecule has 1 N–H and O–H groups in total. The van der Waals surface area contributed by atoms with Gasteiger partial charge in [0.25, 0.3) is 17.7 Å². The highest BCUT2D eigenvalue weighted by molar-refractivity contribution is 6.35. The monoisotopic (exact) mass is 453 g/mol. The lowest BCUT2D eigenvalue weighted by molar-refractivity contribution is -0.119. The summed E-state index contributed by atoms with van der Waals surface area (Å²) in [6.45, 7) is 3.11. The zero-order valence-corrected chi connectivity index (χ0v) is 18.4. The van der Waals surface area contributed by atoms with E-state index in [0.717, 1.165) is 16.0 Å². The van der Waals surface area contributed by atoms with Gasteiger partial charge in [0.1, 0.15) is 0 Å². The summed E-state index contributed by atoms with van der Waals surface area (Å²) in [5.41, 5.74) is 3.27. The molecule has 3 aromatic rings. The first-order valence-corrected chi connectivity index (χ1v) is 10.4. The van der Waals surface area contributed by atoms with Crippen molar-refractivity contribution in [2.45, 2.75) is 13.8 Å². The molecule has 0 spiro atoms. The number of anilines is 2. The Labute approximate surface area is 195 Å². The number of benzene rings is 3. The summed E-state index contributed by atoms with van der Waals surface area (Å²) >= 11 is 0. The summed E-state index contributed by atoms with van der Waals surface area (Å²) in [5.74, 6) is -2.39. The van der Waals surface area contributed by atoms with E-state index in [4.69, 9.17) is 10.00 Å². The van der Waals surface area contributed by atoms with E-state index in [2.05, 4.69) is 5.32 Å². The Kier molecular flexibility index (Phi) is 5.94. The molecule has 8 nitrogen and oxygen atoms in total. The van der Waals surface area contributed by atoms with Gasteiger partial charge in [0.05, 0.1) is 34.0 Å². The summed E-state index contributed by atoms with van der Waals surface area (Å²) in [5, 5.41) is 11.5. The lowest BCUT2D eigenvalue weighted by atomic mass is 10.1. The highest BCUT2D eigenvalue weighted by Crippen LogP contribution is 2.31. The smallest absolute Gasteiger partial charge is 0.338 e. The van der Waals surface area contributed by atoms with Crippen LogP contribution in [0.3, 0.4) is 0 Å². The molecule has 0 unspecified atom stereocenters. The van der Waals surface area contributed by atoms with Crippen molar-refractivity contribution in [2.24, 2.45) is 0 Å². The van der Waals surface area contributed by atoms with Gasteiger partial charge in [0.15, 0.2) is 6.61 Å². The number of esters is 1. The lowest BCUT2D eigenvalue weighted by Crippen LogP contribution is -2.30. The average Bonchev–Trinajstić information content (AvgIpc) is 3.08. The predicted octanol–water partition coefficient (Wildman–Crippen LogP) is 3.77. The van der Waals surface area contributed by atoms with Gasteiger partial charge in [-0.3, -0.25) is 14.4 Å². The van der Waals surface area contributed by atoms with Crippen molar-refractivity contribution in [1.29, 1.82) is 5.26 Å². The topological polar surface area (TPSA) is 117 Å². The second kappa shape index (κ2) is 9.00. The van der Waals surface area contributed by atoms with Crippen LogP contribution in [0.2, 0.25) is 0 Å². The minimum absolute atomic E-state index is 0.0435. The molecule has 0 aromatic heterocycles.